The molecule has 0 saturated carbocycles. The van der Waals surface area contributed by atoms with E-state index in [1.807, 2.05) is 12.4 Å². The summed E-state index contributed by atoms with van der Waals surface area (Å²) in [5.74, 6) is 6.78. The molecule has 1 saturated heterocycles. The van der Waals surface area contributed by atoms with Crippen molar-refractivity contribution in [3.63, 3.8) is 0 Å². The fourth-order valence-electron chi connectivity index (χ4n) is 2.70. The van der Waals surface area contributed by atoms with Crippen molar-refractivity contribution in [2.45, 2.75) is 64.1 Å². The first-order valence-electron chi connectivity index (χ1n) is 7.41. The highest BCUT2D eigenvalue weighted by molar-refractivity contribution is 4.95. The van der Waals surface area contributed by atoms with Gasteiger partial charge in [0.2, 0.25) is 0 Å². The maximum atomic E-state index is 5.76. The molecule has 108 valence electrons. The van der Waals surface area contributed by atoms with Crippen LogP contribution in [0, 0.1) is 0 Å². The van der Waals surface area contributed by atoms with Crippen LogP contribution in [0.15, 0.2) is 12.4 Å². The Bertz CT molecular complexity index is 360. The van der Waals surface area contributed by atoms with Crippen molar-refractivity contribution >= 4 is 0 Å². The standard InChI is InChI=1S/C14H26N4O/c1-2-18-9-8-16-14(18)11-12(17-15)6-7-13-5-3-4-10-19-13/h8-9,12-13,17H,2-7,10-11,15H2,1H3. The first-order valence-corrected chi connectivity index (χ1v) is 7.41. The van der Waals surface area contributed by atoms with Crippen molar-refractivity contribution in [3.05, 3.63) is 18.2 Å². The summed E-state index contributed by atoms with van der Waals surface area (Å²) in [6.45, 7) is 4.01. The fourth-order valence-corrected chi connectivity index (χ4v) is 2.70. The summed E-state index contributed by atoms with van der Waals surface area (Å²) in [5.41, 5.74) is 2.92. The Morgan fingerprint density at radius 3 is 3.16 bits per heavy atom. The zero-order chi connectivity index (χ0) is 13.5. The van der Waals surface area contributed by atoms with Gasteiger partial charge in [0.25, 0.3) is 0 Å². The molecule has 2 atom stereocenters. The van der Waals surface area contributed by atoms with Crippen LogP contribution in [0.1, 0.15) is 44.9 Å². The van der Waals surface area contributed by atoms with Gasteiger partial charge in [-0.25, -0.2) is 4.98 Å². The van der Waals surface area contributed by atoms with Crippen LogP contribution in [-0.4, -0.2) is 28.3 Å². The molecule has 5 heteroatoms. The van der Waals surface area contributed by atoms with Crippen molar-refractivity contribution in [2.75, 3.05) is 6.61 Å². The lowest BCUT2D eigenvalue weighted by atomic mass is 10.0. The van der Waals surface area contributed by atoms with Crippen molar-refractivity contribution in [1.82, 2.24) is 15.0 Å². The summed E-state index contributed by atoms with van der Waals surface area (Å²) in [6.07, 6.45) is 11.0. The van der Waals surface area contributed by atoms with Gasteiger partial charge in [-0.15, -0.1) is 0 Å². The van der Waals surface area contributed by atoms with Crippen LogP contribution in [0.3, 0.4) is 0 Å². The van der Waals surface area contributed by atoms with Crippen molar-refractivity contribution in [1.29, 1.82) is 0 Å². The van der Waals surface area contributed by atoms with E-state index in [2.05, 4.69) is 21.9 Å². The Morgan fingerprint density at radius 2 is 2.47 bits per heavy atom. The third kappa shape index (κ3) is 4.30. The predicted molar refractivity (Wildman–Crippen MR) is 75.5 cm³/mol. The molecule has 1 aromatic heterocycles. The quantitative estimate of drug-likeness (QED) is 0.581. The van der Waals surface area contributed by atoms with Gasteiger partial charge in [0.15, 0.2) is 0 Å². The number of imidazole rings is 1. The molecule has 2 unspecified atom stereocenters. The van der Waals surface area contributed by atoms with Gasteiger partial charge in [-0.1, -0.05) is 0 Å². The van der Waals surface area contributed by atoms with E-state index >= 15 is 0 Å². The van der Waals surface area contributed by atoms with Gasteiger partial charge in [0.1, 0.15) is 5.82 Å². The second kappa shape index (κ2) is 7.62. The number of nitrogens with one attached hydrogen (secondary N) is 1. The molecule has 0 amide bonds. The van der Waals surface area contributed by atoms with E-state index in [1.54, 1.807) is 0 Å². The first-order chi connectivity index (χ1) is 9.33. The van der Waals surface area contributed by atoms with Crippen molar-refractivity contribution in [2.24, 2.45) is 5.84 Å². The molecule has 2 heterocycles. The largest absolute Gasteiger partial charge is 0.378 e. The van der Waals surface area contributed by atoms with Gasteiger partial charge in [-0.05, 0) is 39.0 Å². The summed E-state index contributed by atoms with van der Waals surface area (Å²) < 4.78 is 7.93. The fraction of sp³-hybridized carbons (Fsp3) is 0.786. The first kappa shape index (κ1) is 14.5. The van der Waals surface area contributed by atoms with E-state index < -0.39 is 0 Å². The van der Waals surface area contributed by atoms with Crippen LogP contribution in [0.4, 0.5) is 0 Å². The highest BCUT2D eigenvalue weighted by Crippen LogP contribution is 2.18. The van der Waals surface area contributed by atoms with E-state index in [-0.39, 0.29) is 6.04 Å². The molecule has 1 aromatic rings. The third-order valence-electron chi connectivity index (χ3n) is 3.92. The lowest BCUT2D eigenvalue weighted by Gasteiger charge is -2.24. The summed E-state index contributed by atoms with van der Waals surface area (Å²) in [4.78, 5) is 4.41. The van der Waals surface area contributed by atoms with Gasteiger partial charge in [-0.2, -0.15) is 0 Å². The number of hydrazine groups is 1. The maximum absolute atomic E-state index is 5.76. The number of rotatable bonds is 7. The number of nitrogens with zero attached hydrogens (tertiary/aromatic N) is 2. The smallest absolute Gasteiger partial charge is 0.110 e. The minimum atomic E-state index is 0.276. The highest BCUT2D eigenvalue weighted by atomic mass is 16.5. The average molecular weight is 266 g/mol. The molecule has 0 aliphatic carbocycles. The van der Waals surface area contributed by atoms with Crippen LogP contribution in [0.2, 0.25) is 0 Å². The topological polar surface area (TPSA) is 65.1 Å². The van der Waals surface area contributed by atoms with Crippen molar-refractivity contribution < 1.29 is 4.74 Å². The van der Waals surface area contributed by atoms with Gasteiger partial charge in [-0.3, -0.25) is 11.3 Å². The summed E-state index contributed by atoms with van der Waals surface area (Å²) in [7, 11) is 0. The number of hydrogen-bond donors (Lipinski definition) is 2. The molecule has 3 N–H and O–H groups in total. The van der Waals surface area contributed by atoms with E-state index in [9.17, 15) is 0 Å². The van der Waals surface area contributed by atoms with Gasteiger partial charge >= 0.3 is 0 Å². The van der Waals surface area contributed by atoms with Gasteiger partial charge in [0.05, 0.1) is 6.10 Å². The minimum absolute atomic E-state index is 0.276. The zero-order valence-corrected chi connectivity index (χ0v) is 11.8. The van der Waals surface area contributed by atoms with E-state index in [0.717, 1.165) is 38.2 Å². The molecule has 0 aromatic carbocycles. The molecular weight excluding hydrogens is 240 g/mol. The second-order valence-corrected chi connectivity index (χ2v) is 5.26. The second-order valence-electron chi connectivity index (χ2n) is 5.26. The lowest BCUT2D eigenvalue weighted by Crippen LogP contribution is -2.38. The van der Waals surface area contributed by atoms with Crippen LogP contribution >= 0.6 is 0 Å². The molecule has 2 rings (SSSR count). The van der Waals surface area contributed by atoms with Crippen LogP contribution in [-0.2, 0) is 17.7 Å². The molecule has 5 nitrogen and oxygen atoms in total. The predicted octanol–water partition coefficient (Wildman–Crippen LogP) is 1.63. The Hall–Kier alpha value is -0.910. The summed E-state index contributed by atoms with van der Waals surface area (Å²) in [6, 6.07) is 0.276. The number of nitrogens with two attached hydrogens (primary N) is 1. The number of aryl methyl sites for hydroxylation is 1. The Balaban J connectivity index is 1.79. The van der Waals surface area contributed by atoms with Crippen LogP contribution in [0.25, 0.3) is 0 Å². The van der Waals surface area contributed by atoms with E-state index in [1.165, 1.54) is 19.3 Å². The Labute approximate surface area is 115 Å². The van der Waals surface area contributed by atoms with Crippen molar-refractivity contribution in [3.8, 4) is 0 Å². The normalized spacial score (nSPS) is 21.5. The molecule has 1 aliphatic rings. The van der Waals surface area contributed by atoms with E-state index in [4.69, 9.17) is 10.6 Å². The van der Waals surface area contributed by atoms with E-state index in [0.29, 0.717) is 6.10 Å². The summed E-state index contributed by atoms with van der Waals surface area (Å²) in [5, 5.41) is 0. The van der Waals surface area contributed by atoms with Gasteiger partial charge in [0, 0.05) is 38.0 Å². The number of aromatic nitrogens is 2. The zero-order valence-electron chi connectivity index (χ0n) is 11.8. The highest BCUT2D eigenvalue weighted by Gasteiger charge is 2.17. The lowest BCUT2D eigenvalue weighted by molar-refractivity contribution is 0.00854. The SMILES string of the molecule is CCn1ccnc1CC(CCC1CCCCO1)NN. The molecule has 0 bridgehead atoms. The summed E-state index contributed by atoms with van der Waals surface area (Å²) >= 11 is 0. The number of ether oxygens (including phenoxy) is 1. The Morgan fingerprint density at radius 1 is 1.58 bits per heavy atom. The molecule has 1 fully saturated rings. The van der Waals surface area contributed by atoms with Gasteiger partial charge < -0.3 is 9.30 Å². The molecule has 1 aliphatic heterocycles. The third-order valence-corrected chi connectivity index (χ3v) is 3.92. The average Bonchev–Trinajstić information content (AvgIpc) is 2.91. The van der Waals surface area contributed by atoms with Crippen LogP contribution in [0.5, 0.6) is 0 Å². The monoisotopic (exact) mass is 266 g/mol. The number of hydrogen-bond acceptors (Lipinski definition) is 4. The molecule has 0 spiro atoms. The molecular formula is C14H26N4O. The molecule has 19 heavy (non-hydrogen) atoms. The molecule has 0 radical (unpaired) electrons. The Kier molecular flexibility index (Phi) is 5.82. The maximum Gasteiger partial charge on any atom is 0.110 e. The minimum Gasteiger partial charge on any atom is -0.378 e. The van der Waals surface area contributed by atoms with Crippen LogP contribution < -0.4 is 11.3 Å².